The standard InChI is InChI=1S/C11H8N4O/c12-7-8-2-1-3-9(6-8)16-11-10(13)14-4-5-15-11/h1-6H,(H2,13,14). The molecule has 0 aliphatic rings. The molecule has 0 fully saturated rings. The number of aromatic nitrogens is 2. The van der Waals surface area contributed by atoms with E-state index >= 15 is 0 Å². The van der Waals surface area contributed by atoms with E-state index in [1.165, 1.54) is 12.4 Å². The number of anilines is 1. The van der Waals surface area contributed by atoms with Crippen LogP contribution in [0, 0.1) is 11.3 Å². The Morgan fingerprint density at radius 3 is 2.81 bits per heavy atom. The molecule has 0 bridgehead atoms. The smallest absolute Gasteiger partial charge is 0.262 e. The summed E-state index contributed by atoms with van der Waals surface area (Å²) in [6.07, 6.45) is 2.97. The third-order valence-corrected chi connectivity index (χ3v) is 1.87. The second-order valence-corrected chi connectivity index (χ2v) is 2.99. The van der Waals surface area contributed by atoms with Crippen LogP contribution in [0.15, 0.2) is 36.7 Å². The normalized spacial score (nSPS) is 9.44. The van der Waals surface area contributed by atoms with Crippen molar-refractivity contribution in [1.29, 1.82) is 5.26 Å². The fourth-order valence-electron chi connectivity index (χ4n) is 1.16. The third-order valence-electron chi connectivity index (χ3n) is 1.87. The van der Waals surface area contributed by atoms with Crippen molar-refractivity contribution in [2.75, 3.05) is 5.73 Å². The lowest BCUT2D eigenvalue weighted by atomic mass is 10.2. The zero-order chi connectivity index (χ0) is 11.4. The highest BCUT2D eigenvalue weighted by Crippen LogP contribution is 2.23. The molecule has 0 unspecified atom stereocenters. The molecule has 1 aromatic carbocycles. The summed E-state index contributed by atoms with van der Waals surface area (Å²) in [5.74, 6) is 0.953. The number of nitriles is 1. The molecule has 0 saturated heterocycles. The molecule has 5 nitrogen and oxygen atoms in total. The molecule has 0 saturated carbocycles. The van der Waals surface area contributed by atoms with Gasteiger partial charge in [-0.25, -0.2) is 9.97 Å². The van der Waals surface area contributed by atoms with Crippen LogP contribution >= 0.6 is 0 Å². The Bertz CT molecular complexity index is 548. The summed E-state index contributed by atoms with van der Waals surface area (Å²) in [6, 6.07) is 8.75. The summed E-state index contributed by atoms with van der Waals surface area (Å²) in [5.41, 5.74) is 6.09. The summed E-state index contributed by atoms with van der Waals surface area (Å²) in [6.45, 7) is 0. The molecule has 0 spiro atoms. The van der Waals surface area contributed by atoms with Gasteiger partial charge < -0.3 is 10.5 Å². The van der Waals surface area contributed by atoms with Gasteiger partial charge >= 0.3 is 0 Å². The van der Waals surface area contributed by atoms with Crippen LogP contribution in [0.5, 0.6) is 11.6 Å². The molecular formula is C11H8N4O. The minimum absolute atomic E-state index is 0.213. The number of hydrogen-bond acceptors (Lipinski definition) is 5. The highest BCUT2D eigenvalue weighted by Gasteiger charge is 2.04. The van der Waals surface area contributed by atoms with Crippen LogP contribution < -0.4 is 10.5 Å². The summed E-state index contributed by atoms with van der Waals surface area (Å²) in [5, 5.41) is 8.72. The Morgan fingerprint density at radius 2 is 2.06 bits per heavy atom. The molecule has 0 aliphatic carbocycles. The molecule has 5 heteroatoms. The highest BCUT2D eigenvalue weighted by molar-refractivity contribution is 5.43. The van der Waals surface area contributed by atoms with Crippen LogP contribution in [0.25, 0.3) is 0 Å². The Hall–Kier alpha value is -2.61. The average molecular weight is 212 g/mol. The zero-order valence-electron chi connectivity index (χ0n) is 8.29. The van der Waals surface area contributed by atoms with Crippen LogP contribution in [-0.2, 0) is 0 Å². The van der Waals surface area contributed by atoms with E-state index in [1.807, 2.05) is 6.07 Å². The van der Waals surface area contributed by atoms with Crippen molar-refractivity contribution >= 4 is 5.82 Å². The fraction of sp³-hybridized carbons (Fsp3) is 0. The van der Waals surface area contributed by atoms with Crippen molar-refractivity contribution in [3.05, 3.63) is 42.2 Å². The molecule has 0 aliphatic heterocycles. The van der Waals surface area contributed by atoms with Gasteiger partial charge in [-0.05, 0) is 18.2 Å². The molecular weight excluding hydrogens is 204 g/mol. The molecule has 2 rings (SSSR count). The number of hydrogen-bond donors (Lipinski definition) is 1. The molecule has 0 amide bonds. The van der Waals surface area contributed by atoms with E-state index in [9.17, 15) is 0 Å². The van der Waals surface area contributed by atoms with Gasteiger partial charge in [-0.2, -0.15) is 5.26 Å². The first-order chi connectivity index (χ1) is 7.79. The predicted molar refractivity (Wildman–Crippen MR) is 57.7 cm³/mol. The van der Waals surface area contributed by atoms with Gasteiger partial charge in [0.15, 0.2) is 5.82 Å². The quantitative estimate of drug-likeness (QED) is 0.819. The highest BCUT2D eigenvalue weighted by atomic mass is 16.5. The molecule has 1 heterocycles. The topological polar surface area (TPSA) is 84.8 Å². The number of nitrogens with two attached hydrogens (primary N) is 1. The van der Waals surface area contributed by atoms with Gasteiger partial charge in [-0.1, -0.05) is 6.07 Å². The van der Waals surface area contributed by atoms with Crippen molar-refractivity contribution in [3.63, 3.8) is 0 Å². The van der Waals surface area contributed by atoms with Crippen LogP contribution in [-0.4, -0.2) is 9.97 Å². The van der Waals surface area contributed by atoms with Gasteiger partial charge in [0, 0.05) is 12.4 Å². The van der Waals surface area contributed by atoms with Crippen molar-refractivity contribution in [2.24, 2.45) is 0 Å². The minimum Gasteiger partial charge on any atom is -0.436 e. The van der Waals surface area contributed by atoms with Gasteiger partial charge in [0.25, 0.3) is 5.88 Å². The van der Waals surface area contributed by atoms with Crippen LogP contribution in [0.2, 0.25) is 0 Å². The SMILES string of the molecule is N#Cc1cccc(Oc2nccnc2N)c1. The average Bonchev–Trinajstić information content (AvgIpc) is 2.32. The Morgan fingerprint density at radius 1 is 1.25 bits per heavy atom. The summed E-state index contributed by atoms with van der Waals surface area (Å²) in [4.78, 5) is 7.78. The Kier molecular flexibility index (Phi) is 2.65. The van der Waals surface area contributed by atoms with Crippen LogP contribution in [0.4, 0.5) is 5.82 Å². The van der Waals surface area contributed by atoms with Gasteiger partial charge in [0.1, 0.15) is 5.75 Å². The lowest BCUT2D eigenvalue weighted by Gasteiger charge is -2.05. The minimum atomic E-state index is 0.213. The van der Waals surface area contributed by atoms with Gasteiger partial charge in [0.2, 0.25) is 0 Å². The Balaban J connectivity index is 2.28. The summed E-state index contributed by atoms with van der Waals surface area (Å²) >= 11 is 0. The van der Waals surface area contributed by atoms with E-state index < -0.39 is 0 Å². The van der Waals surface area contributed by atoms with E-state index in [0.29, 0.717) is 11.3 Å². The maximum atomic E-state index is 8.72. The number of nitrogens with zero attached hydrogens (tertiary/aromatic N) is 3. The van der Waals surface area contributed by atoms with Gasteiger partial charge in [0.05, 0.1) is 11.6 Å². The van der Waals surface area contributed by atoms with Crippen molar-refractivity contribution in [1.82, 2.24) is 9.97 Å². The van der Waals surface area contributed by atoms with E-state index in [0.717, 1.165) is 0 Å². The second-order valence-electron chi connectivity index (χ2n) is 2.99. The molecule has 2 N–H and O–H groups in total. The van der Waals surface area contributed by atoms with E-state index in [1.54, 1.807) is 24.3 Å². The largest absolute Gasteiger partial charge is 0.436 e. The zero-order valence-corrected chi connectivity index (χ0v) is 8.29. The number of rotatable bonds is 2. The van der Waals surface area contributed by atoms with Crippen molar-refractivity contribution in [3.8, 4) is 17.7 Å². The maximum Gasteiger partial charge on any atom is 0.262 e. The predicted octanol–water partition coefficient (Wildman–Crippen LogP) is 1.72. The summed E-state index contributed by atoms with van der Waals surface area (Å²) < 4.78 is 5.40. The Labute approximate surface area is 92.1 Å². The van der Waals surface area contributed by atoms with Crippen LogP contribution in [0.1, 0.15) is 5.56 Å². The molecule has 78 valence electrons. The monoisotopic (exact) mass is 212 g/mol. The molecule has 0 radical (unpaired) electrons. The molecule has 1 aromatic heterocycles. The van der Waals surface area contributed by atoms with Crippen LogP contribution in [0.3, 0.4) is 0 Å². The van der Waals surface area contributed by atoms with Gasteiger partial charge in [-0.3, -0.25) is 0 Å². The van der Waals surface area contributed by atoms with Crippen molar-refractivity contribution < 1.29 is 4.74 Å². The molecule has 0 atom stereocenters. The second kappa shape index (κ2) is 4.28. The molecule has 2 aromatic rings. The number of nitrogen functional groups attached to an aromatic ring is 1. The van der Waals surface area contributed by atoms with E-state index in [2.05, 4.69) is 9.97 Å². The van der Waals surface area contributed by atoms with Gasteiger partial charge in [-0.15, -0.1) is 0 Å². The first kappa shape index (κ1) is 9.93. The lowest BCUT2D eigenvalue weighted by Crippen LogP contribution is -1.97. The van der Waals surface area contributed by atoms with E-state index in [-0.39, 0.29) is 11.7 Å². The van der Waals surface area contributed by atoms with Crippen molar-refractivity contribution in [2.45, 2.75) is 0 Å². The summed E-state index contributed by atoms with van der Waals surface area (Å²) in [7, 11) is 0. The molecule has 16 heavy (non-hydrogen) atoms. The fourth-order valence-corrected chi connectivity index (χ4v) is 1.16. The lowest BCUT2D eigenvalue weighted by molar-refractivity contribution is 0.463. The van der Waals surface area contributed by atoms with E-state index in [4.69, 9.17) is 15.7 Å². The number of benzene rings is 1. The first-order valence-corrected chi connectivity index (χ1v) is 4.54. The maximum absolute atomic E-state index is 8.72. The third kappa shape index (κ3) is 2.07. The first-order valence-electron chi connectivity index (χ1n) is 4.54. The number of ether oxygens (including phenoxy) is 1.